The highest BCUT2D eigenvalue weighted by atomic mass is 35.5. The van der Waals surface area contributed by atoms with Crippen LogP contribution >= 0.6 is 23.2 Å². The zero-order valence-corrected chi connectivity index (χ0v) is 13.7. The Balaban J connectivity index is 2.09. The van der Waals surface area contributed by atoms with Crippen molar-refractivity contribution in [3.05, 3.63) is 74.1 Å². The average Bonchev–Trinajstić information content (AvgIpc) is 2.56. The summed E-state index contributed by atoms with van der Waals surface area (Å²) in [5.74, 6) is 5.40. The van der Waals surface area contributed by atoms with E-state index in [9.17, 15) is 9.90 Å². The van der Waals surface area contributed by atoms with Gasteiger partial charge in [-0.1, -0.05) is 35.3 Å². The quantitative estimate of drug-likeness (QED) is 0.378. The van der Waals surface area contributed by atoms with E-state index in [2.05, 4.69) is 15.1 Å². The van der Waals surface area contributed by atoms with Crippen molar-refractivity contribution in [1.82, 2.24) is 9.97 Å². The molecule has 1 heterocycles. The average molecular weight is 363 g/mol. The lowest BCUT2D eigenvalue weighted by Crippen LogP contribution is -2.26. The van der Waals surface area contributed by atoms with Crippen molar-refractivity contribution >= 4 is 39.9 Å². The minimum absolute atomic E-state index is 0.0459. The van der Waals surface area contributed by atoms with Gasteiger partial charge in [0.15, 0.2) is 5.69 Å². The number of benzene rings is 2. The Hall–Kier alpha value is -2.41. The molecule has 122 valence electrons. The predicted octanol–water partition coefficient (Wildman–Crippen LogP) is 2.63. The van der Waals surface area contributed by atoms with E-state index in [1.54, 1.807) is 42.5 Å². The summed E-state index contributed by atoms with van der Waals surface area (Å²) < 4.78 is 0. The molecular weight excluding hydrogens is 351 g/mol. The standard InChI is InChI=1S/C16H12Cl2N4O2/c17-9-3-1-8(2-4-9)15(23)13(22-19)14-16(24)21-12-7-10(18)5-6-11(12)20-14/h1-7,15,23H,19H2,(H,21,24)/b22-13+/t15-/m1/s1. The number of aromatic nitrogens is 2. The molecule has 6 nitrogen and oxygen atoms in total. The summed E-state index contributed by atoms with van der Waals surface area (Å²) in [5.41, 5.74) is 0.834. The molecule has 0 aliphatic carbocycles. The number of H-pyrrole nitrogens is 1. The zero-order chi connectivity index (χ0) is 17.3. The molecule has 0 fully saturated rings. The number of rotatable bonds is 3. The van der Waals surface area contributed by atoms with E-state index < -0.39 is 11.7 Å². The van der Waals surface area contributed by atoms with Crippen LogP contribution in [0.2, 0.25) is 10.0 Å². The fraction of sp³-hybridized carbons (Fsp3) is 0.0625. The maximum Gasteiger partial charge on any atom is 0.276 e. The number of hydrogen-bond donors (Lipinski definition) is 3. The summed E-state index contributed by atoms with van der Waals surface area (Å²) in [6.07, 6.45) is -1.22. The molecule has 0 aliphatic heterocycles. The van der Waals surface area contributed by atoms with E-state index >= 15 is 0 Å². The first-order chi connectivity index (χ1) is 11.5. The van der Waals surface area contributed by atoms with E-state index in [4.69, 9.17) is 29.0 Å². The van der Waals surface area contributed by atoms with Crippen LogP contribution in [0.3, 0.4) is 0 Å². The van der Waals surface area contributed by atoms with Crippen molar-refractivity contribution in [3.8, 4) is 0 Å². The van der Waals surface area contributed by atoms with E-state index in [-0.39, 0.29) is 11.4 Å². The molecule has 0 bridgehead atoms. The smallest absolute Gasteiger partial charge is 0.276 e. The van der Waals surface area contributed by atoms with Crippen LogP contribution in [0.4, 0.5) is 0 Å². The predicted molar refractivity (Wildman–Crippen MR) is 94.5 cm³/mol. The van der Waals surface area contributed by atoms with Crippen LogP contribution in [0.1, 0.15) is 17.4 Å². The lowest BCUT2D eigenvalue weighted by molar-refractivity contribution is 0.247. The van der Waals surface area contributed by atoms with Crippen molar-refractivity contribution in [2.75, 3.05) is 0 Å². The lowest BCUT2D eigenvalue weighted by atomic mass is 10.0. The number of hydrazone groups is 1. The summed E-state index contributed by atoms with van der Waals surface area (Å²) in [4.78, 5) is 19.2. The summed E-state index contributed by atoms with van der Waals surface area (Å²) in [6.45, 7) is 0. The topological polar surface area (TPSA) is 104 Å². The van der Waals surface area contributed by atoms with E-state index in [1.165, 1.54) is 0 Å². The van der Waals surface area contributed by atoms with Crippen LogP contribution < -0.4 is 11.4 Å². The maximum absolute atomic E-state index is 12.3. The monoisotopic (exact) mass is 362 g/mol. The summed E-state index contributed by atoms with van der Waals surface area (Å²) in [5, 5.41) is 15.1. The first-order valence-electron chi connectivity index (χ1n) is 6.91. The summed E-state index contributed by atoms with van der Waals surface area (Å²) in [7, 11) is 0. The number of aliphatic hydroxyl groups excluding tert-OH is 1. The molecule has 4 N–H and O–H groups in total. The Bertz CT molecular complexity index is 984. The molecule has 24 heavy (non-hydrogen) atoms. The van der Waals surface area contributed by atoms with Gasteiger partial charge in [0.1, 0.15) is 11.8 Å². The largest absolute Gasteiger partial charge is 0.382 e. The van der Waals surface area contributed by atoms with Gasteiger partial charge in [0.2, 0.25) is 0 Å². The SMILES string of the molecule is N/N=C(\c1nc2ccc(Cl)cc2[nH]c1=O)[C@H](O)c1ccc(Cl)cc1. The highest BCUT2D eigenvalue weighted by Crippen LogP contribution is 2.21. The second-order valence-electron chi connectivity index (χ2n) is 5.04. The zero-order valence-electron chi connectivity index (χ0n) is 12.2. The highest BCUT2D eigenvalue weighted by molar-refractivity contribution is 6.31. The Morgan fingerprint density at radius 1 is 1.17 bits per heavy atom. The number of nitrogens with two attached hydrogens (primary N) is 1. The van der Waals surface area contributed by atoms with Crippen LogP contribution in [-0.4, -0.2) is 20.8 Å². The molecule has 0 saturated heterocycles. The molecule has 0 aliphatic rings. The molecule has 0 saturated carbocycles. The van der Waals surface area contributed by atoms with Crippen LogP contribution in [0.5, 0.6) is 0 Å². The second-order valence-corrected chi connectivity index (χ2v) is 5.92. The van der Waals surface area contributed by atoms with Gasteiger partial charge in [-0.2, -0.15) is 5.10 Å². The molecule has 0 radical (unpaired) electrons. The third-order valence-corrected chi connectivity index (χ3v) is 3.97. The van der Waals surface area contributed by atoms with Gasteiger partial charge in [0.05, 0.1) is 11.0 Å². The Morgan fingerprint density at radius 2 is 1.83 bits per heavy atom. The van der Waals surface area contributed by atoms with Crippen LogP contribution in [0, 0.1) is 0 Å². The van der Waals surface area contributed by atoms with E-state index in [1.807, 2.05) is 0 Å². The number of hydrogen-bond acceptors (Lipinski definition) is 5. The van der Waals surface area contributed by atoms with Gasteiger partial charge in [-0.3, -0.25) is 4.79 Å². The Morgan fingerprint density at radius 3 is 2.50 bits per heavy atom. The minimum Gasteiger partial charge on any atom is -0.382 e. The molecule has 0 amide bonds. The molecule has 1 atom stereocenters. The first kappa shape index (κ1) is 16.4. The number of nitrogens with one attached hydrogen (secondary N) is 1. The molecule has 3 rings (SSSR count). The van der Waals surface area contributed by atoms with Gasteiger partial charge >= 0.3 is 0 Å². The molecule has 8 heteroatoms. The van der Waals surface area contributed by atoms with Gasteiger partial charge in [0.25, 0.3) is 5.56 Å². The van der Waals surface area contributed by atoms with Crippen molar-refractivity contribution < 1.29 is 5.11 Å². The van der Waals surface area contributed by atoms with Gasteiger partial charge in [-0.05, 0) is 35.9 Å². The lowest BCUT2D eigenvalue weighted by Gasteiger charge is -2.13. The van der Waals surface area contributed by atoms with Gasteiger partial charge in [-0.15, -0.1) is 0 Å². The number of halogens is 2. The molecular formula is C16H12Cl2N4O2. The number of fused-ring (bicyclic) bond motifs is 1. The number of nitrogens with zero attached hydrogens (tertiary/aromatic N) is 2. The molecule has 3 aromatic rings. The minimum atomic E-state index is -1.22. The molecule has 1 aromatic heterocycles. The summed E-state index contributed by atoms with van der Waals surface area (Å²) >= 11 is 11.7. The van der Waals surface area contributed by atoms with Crippen LogP contribution in [0.25, 0.3) is 11.0 Å². The molecule has 0 unspecified atom stereocenters. The second kappa shape index (κ2) is 6.60. The third kappa shape index (κ3) is 3.12. The van der Waals surface area contributed by atoms with Gasteiger partial charge in [-0.25, -0.2) is 4.98 Å². The van der Waals surface area contributed by atoms with E-state index in [0.29, 0.717) is 26.6 Å². The van der Waals surface area contributed by atoms with Crippen molar-refractivity contribution in [3.63, 3.8) is 0 Å². The molecule has 2 aromatic carbocycles. The molecule has 0 spiro atoms. The number of aliphatic hydroxyl groups is 1. The van der Waals surface area contributed by atoms with Crippen LogP contribution in [-0.2, 0) is 0 Å². The number of aromatic amines is 1. The summed E-state index contributed by atoms with van der Waals surface area (Å²) in [6, 6.07) is 11.4. The third-order valence-electron chi connectivity index (χ3n) is 3.48. The Kier molecular flexibility index (Phi) is 4.53. The van der Waals surface area contributed by atoms with Crippen LogP contribution in [0.15, 0.2) is 52.4 Å². The fourth-order valence-electron chi connectivity index (χ4n) is 2.30. The normalized spacial score (nSPS) is 13.2. The van der Waals surface area contributed by atoms with Crippen molar-refractivity contribution in [2.24, 2.45) is 10.9 Å². The van der Waals surface area contributed by atoms with Crippen molar-refractivity contribution in [2.45, 2.75) is 6.10 Å². The highest BCUT2D eigenvalue weighted by Gasteiger charge is 2.22. The van der Waals surface area contributed by atoms with E-state index in [0.717, 1.165) is 0 Å². The van der Waals surface area contributed by atoms with Gasteiger partial charge < -0.3 is 15.9 Å². The first-order valence-corrected chi connectivity index (χ1v) is 7.66. The maximum atomic E-state index is 12.3. The van der Waals surface area contributed by atoms with Crippen molar-refractivity contribution in [1.29, 1.82) is 0 Å². The van der Waals surface area contributed by atoms with Gasteiger partial charge in [0, 0.05) is 10.0 Å². The Labute approximate surface area is 146 Å². The fourth-order valence-corrected chi connectivity index (χ4v) is 2.59.